The lowest BCUT2D eigenvalue weighted by atomic mass is 10.1. The zero-order valence-electron chi connectivity index (χ0n) is 16.1. The number of hydrogen-bond acceptors (Lipinski definition) is 8. The Morgan fingerprint density at radius 2 is 1.90 bits per heavy atom. The molecule has 3 heterocycles. The van der Waals surface area contributed by atoms with Gasteiger partial charge < -0.3 is 31.0 Å². The zero-order valence-corrected chi connectivity index (χ0v) is 16.1. The number of ether oxygens (including phenoxy) is 1. The van der Waals surface area contributed by atoms with Crippen molar-refractivity contribution in [1.82, 2.24) is 19.5 Å². The Morgan fingerprint density at radius 3 is 2.77 bits per heavy atom. The summed E-state index contributed by atoms with van der Waals surface area (Å²) in [5.41, 5.74) is 13.0. The summed E-state index contributed by atoms with van der Waals surface area (Å²) in [5.74, 6) is 1.22. The van der Waals surface area contributed by atoms with Crippen molar-refractivity contribution in [3.05, 3.63) is 48.9 Å². The van der Waals surface area contributed by atoms with Gasteiger partial charge in [0, 0.05) is 23.6 Å². The van der Waals surface area contributed by atoms with E-state index >= 15 is 0 Å². The van der Waals surface area contributed by atoms with Crippen molar-refractivity contribution in [3.63, 3.8) is 0 Å². The molecule has 154 valence electrons. The van der Waals surface area contributed by atoms with Gasteiger partial charge >= 0.3 is 0 Å². The summed E-state index contributed by atoms with van der Waals surface area (Å²) in [4.78, 5) is 12.6. The molecule has 3 aromatic heterocycles. The van der Waals surface area contributed by atoms with E-state index in [9.17, 15) is 10.2 Å². The van der Waals surface area contributed by atoms with Crippen LogP contribution in [0.1, 0.15) is 12.5 Å². The Hall–Kier alpha value is -3.43. The monoisotopic (exact) mass is 406 g/mol. The van der Waals surface area contributed by atoms with Crippen LogP contribution in [0.2, 0.25) is 0 Å². The van der Waals surface area contributed by atoms with Crippen LogP contribution in [-0.4, -0.2) is 48.5 Å². The predicted molar refractivity (Wildman–Crippen MR) is 113 cm³/mol. The number of aromatic nitrogens is 4. The summed E-state index contributed by atoms with van der Waals surface area (Å²) in [6, 6.07) is 10.7. The Balaban J connectivity index is 1.34. The van der Waals surface area contributed by atoms with Crippen molar-refractivity contribution in [1.29, 1.82) is 0 Å². The lowest BCUT2D eigenvalue weighted by Crippen LogP contribution is -2.31. The topological polar surface area (TPSA) is 145 Å². The van der Waals surface area contributed by atoms with Crippen LogP contribution in [0.15, 0.2) is 48.9 Å². The molecule has 0 bridgehead atoms. The van der Waals surface area contributed by atoms with Crippen LogP contribution >= 0.6 is 0 Å². The second kappa shape index (κ2) is 7.12. The fraction of sp³-hybridized carbons (Fsp3) is 0.286. The van der Waals surface area contributed by atoms with Crippen LogP contribution in [0.4, 0.5) is 11.6 Å². The number of anilines is 2. The highest BCUT2D eigenvalue weighted by atomic mass is 16.5. The second-order valence-corrected chi connectivity index (χ2v) is 7.67. The molecule has 1 saturated carbocycles. The van der Waals surface area contributed by atoms with Gasteiger partial charge in [-0.3, -0.25) is 0 Å². The number of nitrogens with two attached hydrogens (primary N) is 2. The fourth-order valence-corrected chi connectivity index (χ4v) is 4.20. The predicted octanol–water partition coefficient (Wildman–Crippen LogP) is 1.51. The largest absolute Gasteiger partial charge is 0.493 e. The molecule has 1 aliphatic rings. The summed E-state index contributed by atoms with van der Waals surface area (Å²) in [5, 5.41) is 23.0. The first-order valence-electron chi connectivity index (χ1n) is 9.73. The molecule has 4 aromatic rings. The van der Waals surface area contributed by atoms with E-state index in [1.807, 2.05) is 41.1 Å². The van der Waals surface area contributed by atoms with Gasteiger partial charge in [0.15, 0.2) is 0 Å². The lowest BCUT2D eigenvalue weighted by Gasteiger charge is -2.19. The van der Waals surface area contributed by atoms with Crippen LogP contribution in [0.5, 0.6) is 5.75 Å². The third-order valence-electron chi connectivity index (χ3n) is 5.82. The van der Waals surface area contributed by atoms with Gasteiger partial charge in [-0.2, -0.15) is 0 Å². The molecule has 1 aliphatic carbocycles. The molecule has 4 atom stereocenters. The van der Waals surface area contributed by atoms with Gasteiger partial charge in [0.25, 0.3) is 0 Å². The number of hydrogen-bond donors (Lipinski definition) is 4. The average Bonchev–Trinajstić information content (AvgIpc) is 3.29. The molecular weight excluding hydrogens is 384 g/mol. The molecule has 5 rings (SSSR count). The van der Waals surface area contributed by atoms with Gasteiger partial charge in [0.05, 0.1) is 29.7 Å². The third-order valence-corrected chi connectivity index (χ3v) is 5.82. The minimum atomic E-state index is -0.941. The number of pyridine rings is 1. The quantitative estimate of drug-likeness (QED) is 0.399. The molecule has 0 unspecified atom stereocenters. The van der Waals surface area contributed by atoms with Gasteiger partial charge in [0.1, 0.15) is 35.5 Å². The van der Waals surface area contributed by atoms with Crippen LogP contribution in [0.3, 0.4) is 0 Å². The SMILES string of the molecule is Nc1ccc2ccc(OC[C@H]3C[C@@H](n4ccc5c(N)ncnc54)[C@H](O)[C@@H]3O)cc2n1. The molecule has 0 saturated heterocycles. The van der Waals surface area contributed by atoms with Crippen LogP contribution in [0, 0.1) is 5.92 Å². The second-order valence-electron chi connectivity index (χ2n) is 7.67. The van der Waals surface area contributed by atoms with E-state index in [0.29, 0.717) is 29.5 Å². The molecule has 1 fully saturated rings. The third kappa shape index (κ3) is 3.08. The Kier molecular flexibility index (Phi) is 4.41. The summed E-state index contributed by atoms with van der Waals surface area (Å²) >= 11 is 0. The maximum Gasteiger partial charge on any atom is 0.145 e. The summed E-state index contributed by atoms with van der Waals surface area (Å²) in [6.45, 7) is 0.263. The van der Waals surface area contributed by atoms with Crippen LogP contribution in [0.25, 0.3) is 21.9 Å². The van der Waals surface area contributed by atoms with E-state index in [4.69, 9.17) is 16.2 Å². The molecule has 6 N–H and O–H groups in total. The highest BCUT2D eigenvalue weighted by Gasteiger charge is 2.43. The average molecular weight is 406 g/mol. The minimum Gasteiger partial charge on any atom is -0.493 e. The van der Waals surface area contributed by atoms with Gasteiger partial charge in [-0.1, -0.05) is 0 Å². The molecule has 30 heavy (non-hydrogen) atoms. The van der Waals surface area contributed by atoms with Crippen LogP contribution in [-0.2, 0) is 0 Å². The molecule has 0 radical (unpaired) electrons. The van der Waals surface area contributed by atoms with Crippen LogP contribution < -0.4 is 16.2 Å². The first-order valence-corrected chi connectivity index (χ1v) is 9.73. The number of rotatable bonds is 4. The zero-order chi connectivity index (χ0) is 20.8. The molecule has 0 amide bonds. The number of aliphatic hydroxyl groups is 2. The van der Waals surface area contributed by atoms with E-state index in [0.717, 1.165) is 16.3 Å². The number of nitrogens with zero attached hydrogens (tertiary/aromatic N) is 4. The first kappa shape index (κ1) is 18.6. The van der Waals surface area contributed by atoms with Crippen molar-refractivity contribution in [3.8, 4) is 5.75 Å². The fourth-order valence-electron chi connectivity index (χ4n) is 4.20. The van der Waals surface area contributed by atoms with Crippen molar-refractivity contribution < 1.29 is 14.9 Å². The van der Waals surface area contributed by atoms with E-state index in [-0.39, 0.29) is 18.6 Å². The number of benzene rings is 1. The first-order chi connectivity index (χ1) is 14.5. The molecule has 9 heteroatoms. The standard InChI is InChI=1S/C21H22N6O3/c22-17-4-2-11-1-3-13(8-15(11)26-17)30-9-12-7-16(19(29)18(12)28)27-6-5-14-20(23)24-10-25-21(14)27/h1-6,8,10,12,16,18-19,28-29H,7,9H2,(H2,22,26)(H2,23,24,25)/t12-,16-,18-,19+/m1/s1. The van der Waals surface area contributed by atoms with E-state index < -0.39 is 12.2 Å². The molecule has 9 nitrogen and oxygen atoms in total. The van der Waals surface area contributed by atoms with Gasteiger partial charge in [-0.25, -0.2) is 15.0 Å². The normalized spacial score (nSPS) is 23.9. The summed E-state index contributed by atoms with van der Waals surface area (Å²) < 4.78 is 7.77. The highest BCUT2D eigenvalue weighted by Crippen LogP contribution is 2.38. The van der Waals surface area contributed by atoms with Gasteiger partial charge in [0.2, 0.25) is 0 Å². The van der Waals surface area contributed by atoms with E-state index in [1.54, 1.807) is 6.07 Å². The molecule has 1 aromatic carbocycles. The minimum absolute atomic E-state index is 0.244. The van der Waals surface area contributed by atoms with Gasteiger partial charge in [-0.15, -0.1) is 0 Å². The Morgan fingerprint density at radius 1 is 1.07 bits per heavy atom. The van der Waals surface area contributed by atoms with Gasteiger partial charge in [-0.05, 0) is 36.8 Å². The smallest absolute Gasteiger partial charge is 0.145 e. The highest BCUT2D eigenvalue weighted by molar-refractivity contribution is 5.86. The van der Waals surface area contributed by atoms with Crippen molar-refractivity contribution in [2.24, 2.45) is 5.92 Å². The maximum absolute atomic E-state index is 10.7. The number of nitrogen functional groups attached to an aromatic ring is 2. The number of fused-ring (bicyclic) bond motifs is 2. The van der Waals surface area contributed by atoms with Crippen molar-refractivity contribution in [2.45, 2.75) is 24.7 Å². The van der Waals surface area contributed by atoms with Crippen molar-refractivity contribution >= 4 is 33.6 Å². The lowest BCUT2D eigenvalue weighted by molar-refractivity contribution is -0.00141. The summed E-state index contributed by atoms with van der Waals surface area (Å²) in [7, 11) is 0. The molecular formula is C21H22N6O3. The van der Waals surface area contributed by atoms with E-state index in [2.05, 4.69) is 15.0 Å². The van der Waals surface area contributed by atoms with Crippen molar-refractivity contribution in [2.75, 3.05) is 18.1 Å². The Bertz CT molecular complexity index is 1230. The molecule has 0 aliphatic heterocycles. The maximum atomic E-state index is 10.7. The molecule has 0 spiro atoms. The number of aliphatic hydroxyl groups excluding tert-OH is 2. The summed E-state index contributed by atoms with van der Waals surface area (Å²) in [6.07, 6.45) is 1.89. The Labute approximate surface area is 171 Å². The van der Waals surface area contributed by atoms with E-state index in [1.165, 1.54) is 6.33 Å².